The first kappa shape index (κ1) is 24.4. The van der Waals surface area contributed by atoms with Crippen LogP contribution in [0.2, 0.25) is 0 Å². The Morgan fingerprint density at radius 1 is 1.09 bits per heavy atom. The maximum atomic E-state index is 12.5. The molecule has 0 saturated heterocycles. The van der Waals surface area contributed by atoms with Gasteiger partial charge >= 0.3 is 0 Å². The van der Waals surface area contributed by atoms with Gasteiger partial charge in [0.1, 0.15) is 17.9 Å². The molecule has 3 aromatic rings. The Balaban J connectivity index is 1.32. The third-order valence-electron chi connectivity index (χ3n) is 6.07. The molecule has 2 N–H and O–H groups in total. The molecule has 1 fully saturated rings. The van der Waals surface area contributed by atoms with E-state index in [1.807, 2.05) is 30.3 Å². The molecule has 35 heavy (non-hydrogen) atoms. The Labute approximate surface area is 204 Å². The van der Waals surface area contributed by atoms with Crippen molar-refractivity contribution in [3.63, 3.8) is 0 Å². The Morgan fingerprint density at radius 3 is 2.66 bits per heavy atom. The average molecular weight is 478 g/mol. The molecule has 9 nitrogen and oxygen atoms in total. The quantitative estimate of drug-likeness (QED) is 0.441. The minimum absolute atomic E-state index is 0.108. The zero-order valence-electron chi connectivity index (χ0n) is 20.0. The van der Waals surface area contributed by atoms with Crippen LogP contribution in [-0.2, 0) is 28.2 Å². The van der Waals surface area contributed by atoms with Crippen molar-refractivity contribution in [2.24, 2.45) is 0 Å². The third-order valence-corrected chi connectivity index (χ3v) is 6.07. The summed E-state index contributed by atoms with van der Waals surface area (Å²) in [6, 6.07) is 12.9. The second kappa shape index (κ2) is 11.6. The first-order chi connectivity index (χ1) is 17.0. The average Bonchev–Trinajstić information content (AvgIpc) is 3.22. The van der Waals surface area contributed by atoms with Crippen LogP contribution < -0.4 is 15.4 Å². The highest BCUT2D eigenvalue weighted by Crippen LogP contribution is 2.34. The van der Waals surface area contributed by atoms with Crippen molar-refractivity contribution in [2.45, 2.75) is 70.4 Å². The summed E-state index contributed by atoms with van der Waals surface area (Å²) in [4.78, 5) is 33.2. The number of anilines is 1. The van der Waals surface area contributed by atoms with E-state index in [0.717, 1.165) is 44.2 Å². The smallest absolute Gasteiger partial charge is 0.227 e. The van der Waals surface area contributed by atoms with Gasteiger partial charge in [0, 0.05) is 37.7 Å². The lowest BCUT2D eigenvalue weighted by Crippen LogP contribution is -2.45. The number of ether oxygens (including phenoxy) is 1. The molecule has 2 aromatic heterocycles. The summed E-state index contributed by atoms with van der Waals surface area (Å²) in [6.07, 6.45) is 8.03. The van der Waals surface area contributed by atoms with Crippen molar-refractivity contribution < 1.29 is 18.8 Å². The molecule has 2 heterocycles. The number of nitrogens with zero attached hydrogens (tertiary/aromatic N) is 3. The van der Waals surface area contributed by atoms with Crippen LogP contribution in [0.5, 0.6) is 5.75 Å². The Kier molecular flexibility index (Phi) is 8.07. The van der Waals surface area contributed by atoms with Crippen LogP contribution in [0.1, 0.15) is 69.3 Å². The lowest BCUT2D eigenvalue weighted by Gasteiger charge is -2.30. The van der Waals surface area contributed by atoms with Gasteiger partial charge in [0.15, 0.2) is 5.82 Å². The summed E-state index contributed by atoms with van der Waals surface area (Å²) in [5, 5.41) is 10.1. The number of nitrogens with one attached hydrogen (secondary N) is 2. The third kappa shape index (κ3) is 6.88. The van der Waals surface area contributed by atoms with Gasteiger partial charge in [-0.1, -0.05) is 43.0 Å². The first-order valence-electron chi connectivity index (χ1n) is 12.1. The fraction of sp³-hybridized carbons (Fsp3) is 0.423. The molecule has 1 aliphatic rings. The number of carbonyl (C=O) groups is 2. The molecular formula is C26H31N5O4. The molecule has 1 aromatic carbocycles. The molecule has 0 spiro atoms. The number of hydrogen-bond donors (Lipinski definition) is 2. The van der Waals surface area contributed by atoms with Crippen molar-refractivity contribution in [3.8, 4) is 5.75 Å². The minimum atomic E-state index is -0.595. The van der Waals surface area contributed by atoms with Crippen molar-refractivity contribution in [2.75, 3.05) is 5.32 Å². The predicted molar refractivity (Wildman–Crippen MR) is 129 cm³/mol. The second-order valence-electron chi connectivity index (χ2n) is 8.87. The second-order valence-corrected chi connectivity index (χ2v) is 8.87. The maximum absolute atomic E-state index is 12.5. The molecule has 0 bridgehead atoms. The summed E-state index contributed by atoms with van der Waals surface area (Å²) in [5.74, 6) is 1.25. The highest BCUT2D eigenvalue weighted by atomic mass is 16.5. The van der Waals surface area contributed by atoms with Gasteiger partial charge < -0.3 is 19.9 Å². The molecule has 9 heteroatoms. The molecular weight excluding hydrogens is 446 g/mol. The number of pyridine rings is 1. The van der Waals surface area contributed by atoms with Crippen LogP contribution in [0.3, 0.4) is 0 Å². The van der Waals surface area contributed by atoms with Gasteiger partial charge in [-0.15, -0.1) is 0 Å². The van der Waals surface area contributed by atoms with E-state index in [9.17, 15) is 9.59 Å². The first-order valence-corrected chi connectivity index (χ1v) is 12.1. The molecule has 4 rings (SSSR count). The van der Waals surface area contributed by atoms with Gasteiger partial charge in [0.05, 0.1) is 5.69 Å². The number of aromatic nitrogens is 3. The van der Waals surface area contributed by atoms with E-state index in [1.165, 1.54) is 6.92 Å². The zero-order valence-corrected chi connectivity index (χ0v) is 20.0. The summed E-state index contributed by atoms with van der Waals surface area (Å²) < 4.78 is 11.2. The summed E-state index contributed by atoms with van der Waals surface area (Å²) in [7, 11) is 0. The lowest BCUT2D eigenvalue weighted by molar-refractivity contribution is -0.121. The number of aryl methyl sites for hydroxylation is 1. The van der Waals surface area contributed by atoms with Crippen LogP contribution in [-0.4, -0.2) is 26.9 Å². The van der Waals surface area contributed by atoms with Gasteiger partial charge in [0.25, 0.3) is 0 Å². The molecule has 0 radical (unpaired) electrons. The molecule has 2 amide bonds. The van der Waals surface area contributed by atoms with Gasteiger partial charge in [-0.25, -0.2) is 0 Å². The van der Waals surface area contributed by atoms with E-state index in [-0.39, 0.29) is 18.2 Å². The van der Waals surface area contributed by atoms with E-state index in [1.54, 1.807) is 18.3 Å². The van der Waals surface area contributed by atoms with E-state index >= 15 is 0 Å². The van der Waals surface area contributed by atoms with Crippen LogP contribution >= 0.6 is 0 Å². The summed E-state index contributed by atoms with van der Waals surface area (Å²) in [6.45, 7) is 1.86. The van der Waals surface area contributed by atoms with Gasteiger partial charge in [-0.2, -0.15) is 4.98 Å². The van der Waals surface area contributed by atoms with Crippen molar-refractivity contribution >= 4 is 17.5 Å². The van der Waals surface area contributed by atoms with Crippen molar-refractivity contribution in [3.05, 3.63) is 66.1 Å². The topological polar surface area (TPSA) is 119 Å². The van der Waals surface area contributed by atoms with Gasteiger partial charge in [-0.05, 0) is 37.1 Å². The number of benzene rings is 1. The predicted octanol–water partition coefficient (Wildman–Crippen LogP) is 4.30. The molecule has 184 valence electrons. The number of amides is 2. The largest absolute Gasteiger partial charge is 0.487 e. The van der Waals surface area contributed by atoms with E-state index < -0.39 is 5.54 Å². The van der Waals surface area contributed by atoms with E-state index in [4.69, 9.17) is 9.26 Å². The maximum Gasteiger partial charge on any atom is 0.227 e. The highest BCUT2D eigenvalue weighted by Gasteiger charge is 2.38. The molecule has 0 aliphatic heterocycles. The molecule has 0 atom stereocenters. The van der Waals surface area contributed by atoms with Crippen molar-refractivity contribution in [1.29, 1.82) is 0 Å². The van der Waals surface area contributed by atoms with Crippen LogP contribution in [0.25, 0.3) is 0 Å². The highest BCUT2D eigenvalue weighted by molar-refractivity contribution is 5.90. The Hall–Kier alpha value is -3.75. The van der Waals surface area contributed by atoms with E-state index in [2.05, 4.69) is 25.8 Å². The SMILES string of the molecule is CC(=O)NC1(c2noc(CCC(=O)Nc3cccc(OCc4ccccn4)c3)n2)CCCCCC1. The Bertz CT molecular complexity index is 1120. The lowest BCUT2D eigenvalue weighted by atomic mass is 9.89. The standard InChI is InChI=1S/C26H31N5O4/c1-19(32)30-26(14-5-2-3-6-15-26)25-29-24(35-31-25)13-12-23(33)28-20-10-8-11-22(17-20)34-18-21-9-4-7-16-27-21/h4,7-11,16-17H,2-3,5-6,12-15,18H2,1H3,(H,28,33)(H,30,32). The molecule has 0 unspecified atom stereocenters. The Morgan fingerprint density at radius 2 is 1.91 bits per heavy atom. The number of hydrogen-bond acceptors (Lipinski definition) is 7. The summed E-state index contributed by atoms with van der Waals surface area (Å²) >= 11 is 0. The summed E-state index contributed by atoms with van der Waals surface area (Å²) in [5.41, 5.74) is 0.870. The van der Waals surface area contributed by atoms with Crippen LogP contribution in [0, 0.1) is 0 Å². The van der Waals surface area contributed by atoms with Crippen LogP contribution in [0.4, 0.5) is 5.69 Å². The number of rotatable bonds is 9. The zero-order chi connectivity index (χ0) is 24.5. The van der Waals surface area contributed by atoms with E-state index in [0.29, 0.717) is 36.2 Å². The van der Waals surface area contributed by atoms with Crippen LogP contribution in [0.15, 0.2) is 53.2 Å². The fourth-order valence-electron chi connectivity index (χ4n) is 4.37. The molecule has 1 aliphatic carbocycles. The van der Waals surface area contributed by atoms with Crippen molar-refractivity contribution in [1.82, 2.24) is 20.4 Å². The normalized spacial score (nSPS) is 15.1. The minimum Gasteiger partial charge on any atom is -0.487 e. The van der Waals surface area contributed by atoms with Gasteiger partial charge in [-0.3, -0.25) is 14.6 Å². The fourth-order valence-corrected chi connectivity index (χ4v) is 4.37. The number of carbonyl (C=O) groups excluding carboxylic acids is 2. The monoisotopic (exact) mass is 477 g/mol. The van der Waals surface area contributed by atoms with Gasteiger partial charge in [0.2, 0.25) is 17.7 Å². The molecule has 1 saturated carbocycles.